The lowest BCUT2D eigenvalue weighted by Crippen LogP contribution is -2.08. The summed E-state index contributed by atoms with van der Waals surface area (Å²) >= 11 is 0. The van der Waals surface area contributed by atoms with Crippen molar-refractivity contribution in [3.63, 3.8) is 0 Å². The number of carbonyl (C=O) groups is 1. The third-order valence-corrected chi connectivity index (χ3v) is 1.95. The predicted octanol–water partition coefficient (Wildman–Crippen LogP) is 0.0457. The molecule has 6 nitrogen and oxygen atoms in total. The zero-order valence-corrected chi connectivity index (χ0v) is 7.21. The van der Waals surface area contributed by atoms with Crippen LogP contribution >= 0.6 is 0 Å². The van der Waals surface area contributed by atoms with Gasteiger partial charge in [0.05, 0.1) is 17.7 Å². The summed E-state index contributed by atoms with van der Waals surface area (Å²) in [5, 5.41) is 16.4. The van der Waals surface area contributed by atoms with Crippen molar-refractivity contribution < 1.29 is 9.90 Å². The van der Waals surface area contributed by atoms with Crippen LogP contribution in [0.3, 0.4) is 0 Å². The number of nitrogens with two attached hydrogens (primary N) is 1. The maximum absolute atomic E-state index is 10.8. The molecule has 1 heterocycles. The number of rotatable bonds is 2. The zero-order valence-electron chi connectivity index (χ0n) is 7.21. The zero-order chi connectivity index (χ0) is 10.1. The second kappa shape index (κ2) is 3.08. The molecule has 0 saturated heterocycles. The Balaban J connectivity index is 2.76. The summed E-state index contributed by atoms with van der Waals surface area (Å²) in [5.74, 6) is -1.01. The monoisotopic (exact) mass is 192 g/mol. The van der Waals surface area contributed by atoms with Gasteiger partial charge in [0, 0.05) is 0 Å². The van der Waals surface area contributed by atoms with E-state index in [2.05, 4.69) is 10.3 Å². The number of carboxylic acid groups (broad SMARTS) is 1. The highest BCUT2D eigenvalue weighted by Gasteiger charge is 2.12. The number of aromatic nitrogens is 3. The highest BCUT2D eigenvalue weighted by atomic mass is 16.4. The van der Waals surface area contributed by atoms with Crippen molar-refractivity contribution in [3.8, 4) is 0 Å². The van der Waals surface area contributed by atoms with Crippen LogP contribution in [0.2, 0.25) is 0 Å². The molecule has 0 amide bonds. The highest BCUT2D eigenvalue weighted by Crippen LogP contribution is 2.15. The Morgan fingerprint density at radius 3 is 3.00 bits per heavy atom. The summed E-state index contributed by atoms with van der Waals surface area (Å²) in [6, 6.07) is 4.86. The average molecular weight is 192 g/mol. The number of benzene rings is 1. The van der Waals surface area contributed by atoms with Crippen molar-refractivity contribution in [2.75, 3.05) is 0 Å². The largest absolute Gasteiger partial charge is 0.478 e. The molecule has 0 fully saturated rings. The van der Waals surface area contributed by atoms with Gasteiger partial charge >= 0.3 is 5.97 Å². The van der Waals surface area contributed by atoms with Crippen LogP contribution in [-0.4, -0.2) is 26.1 Å². The van der Waals surface area contributed by atoms with Gasteiger partial charge in [0.1, 0.15) is 5.52 Å². The van der Waals surface area contributed by atoms with E-state index in [1.54, 1.807) is 12.1 Å². The van der Waals surface area contributed by atoms with Gasteiger partial charge in [0.2, 0.25) is 0 Å². The molecule has 0 radical (unpaired) electrons. The molecular weight excluding hydrogens is 184 g/mol. The SMILES string of the molecule is NCn1nnc2c(C(=O)O)cccc21. The molecule has 0 atom stereocenters. The minimum Gasteiger partial charge on any atom is -0.478 e. The molecule has 0 aliphatic carbocycles. The first kappa shape index (κ1) is 8.64. The van der Waals surface area contributed by atoms with Gasteiger partial charge in [0.15, 0.2) is 0 Å². The smallest absolute Gasteiger partial charge is 0.338 e. The van der Waals surface area contributed by atoms with Crippen LogP contribution in [0.4, 0.5) is 0 Å². The number of hydrogen-bond donors (Lipinski definition) is 2. The summed E-state index contributed by atoms with van der Waals surface area (Å²) in [4.78, 5) is 10.8. The third kappa shape index (κ3) is 1.12. The van der Waals surface area contributed by atoms with Gasteiger partial charge in [-0.15, -0.1) is 5.10 Å². The van der Waals surface area contributed by atoms with E-state index in [9.17, 15) is 4.79 Å². The lowest BCUT2D eigenvalue weighted by Gasteiger charge is -1.97. The van der Waals surface area contributed by atoms with Crippen LogP contribution in [0.15, 0.2) is 18.2 Å². The van der Waals surface area contributed by atoms with Gasteiger partial charge in [-0.25, -0.2) is 9.48 Å². The maximum Gasteiger partial charge on any atom is 0.338 e. The van der Waals surface area contributed by atoms with Crippen LogP contribution in [0.5, 0.6) is 0 Å². The van der Waals surface area contributed by atoms with Gasteiger partial charge in [0.25, 0.3) is 0 Å². The van der Waals surface area contributed by atoms with Gasteiger partial charge in [-0.3, -0.25) is 0 Å². The fourth-order valence-corrected chi connectivity index (χ4v) is 1.30. The lowest BCUT2D eigenvalue weighted by molar-refractivity contribution is 0.0699. The molecule has 2 rings (SSSR count). The molecule has 0 unspecified atom stereocenters. The molecule has 0 aliphatic rings. The summed E-state index contributed by atoms with van der Waals surface area (Å²) < 4.78 is 1.45. The standard InChI is InChI=1S/C8H8N4O2/c9-4-12-6-3-1-2-5(8(13)14)7(6)10-11-12/h1-3H,4,9H2,(H,13,14). The minimum absolute atomic E-state index is 0.141. The van der Waals surface area contributed by atoms with E-state index in [1.807, 2.05) is 0 Å². The van der Waals surface area contributed by atoms with Crippen LogP contribution < -0.4 is 5.73 Å². The van der Waals surface area contributed by atoms with Gasteiger partial charge in [-0.1, -0.05) is 11.3 Å². The van der Waals surface area contributed by atoms with Gasteiger partial charge in [-0.2, -0.15) is 0 Å². The average Bonchev–Trinajstić information content (AvgIpc) is 2.59. The number of fused-ring (bicyclic) bond motifs is 1. The third-order valence-electron chi connectivity index (χ3n) is 1.95. The summed E-state index contributed by atoms with van der Waals surface area (Å²) in [5.41, 5.74) is 6.54. The molecule has 0 bridgehead atoms. The molecule has 6 heteroatoms. The molecular formula is C8H8N4O2. The van der Waals surface area contributed by atoms with Crippen LogP contribution in [-0.2, 0) is 6.67 Å². The second-order valence-electron chi connectivity index (χ2n) is 2.75. The quantitative estimate of drug-likeness (QED) is 0.700. The molecule has 2 aromatic rings. The van der Waals surface area contributed by atoms with E-state index in [0.29, 0.717) is 11.0 Å². The first-order valence-electron chi connectivity index (χ1n) is 3.99. The van der Waals surface area contributed by atoms with E-state index in [1.165, 1.54) is 10.7 Å². The van der Waals surface area contributed by atoms with Crippen molar-refractivity contribution in [2.24, 2.45) is 5.73 Å². The number of aromatic carboxylic acids is 1. The van der Waals surface area contributed by atoms with E-state index in [-0.39, 0.29) is 12.2 Å². The van der Waals surface area contributed by atoms with Crippen molar-refractivity contribution >= 4 is 17.0 Å². The first-order valence-corrected chi connectivity index (χ1v) is 3.99. The molecule has 0 saturated carbocycles. The van der Waals surface area contributed by atoms with Crippen molar-refractivity contribution in [2.45, 2.75) is 6.67 Å². The Morgan fingerprint density at radius 2 is 2.36 bits per heavy atom. The molecule has 1 aromatic heterocycles. The van der Waals surface area contributed by atoms with E-state index in [0.717, 1.165) is 0 Å². The number of carboxylic acids is 1. The Bertz CT molecular complexity index is 491. The van der Waals surface area contributed by atoms with Gasteiger partial charge < -0.3 is 10.8 Å². The summed E-state index contributed by atoms with van der Waals surface area (Å²) in [7, 11) is 0. The fraction of sp³-hybridized carbons (Fsp3) is 0.125. The van der Waals surface area contributed by atoms with Gasteiger partial charge in [-0.05, 0) is 12.1 Å². The van der Waals surface area contributed by atoms with Crippen LogP contribution in [0.1, 0.15) is 10.4 Å². The summed E-state index contributed by atoms with van der Waals surface area (Å²) in [6.45, 7) is 0.180. The van der Waals surface area contributed by atoms with Crippen molar-refractivity contribution in [1.82, 2.24) is 15.0 Å². The van der Waals surface area contributed by atoms with E-state index in [4.69, 9.17) is 10.8 Å². The van der Waals surface area contributed by atoms with E-state index >= 15 is 0 Å². The molecule has 0 spiro atoms. The first-order chi connectivity index (χ1) is 6.74. The summed E-state index contributed by atoms with van der Waals surface area (Å²) in [6.07, 6.45) is 0. The minimum atomic E-state index is -1.01. The normalized spacial score (nSPS) is 10.6. The predicted molar refractivity (Wildman–Crippen MR) is 48.7 cm³/mol. The molecule has 3 N–H and O–H groups in total. The Morgan fingerprint density at radius 1 is 1.57 bits per heavy atom. The second-order valence-corrected chi connectivity index (χ2v) is 2.75. The van der Waals surface area contributed by atoms with E-state index < -0.39 is 5.97 Å². The Kier molecular flexibility index (Phi) is 1.90. The highest BCUT2D eigenvalue weighted by molar-refractivity contribution is 6.00. The number of hydrogen-bond acceptors (Lipinski definition) is 4. The number of nitrogens with zero attached hydrogens (tertiary/aromatic N) is 3. The lowest BCUT2D eigenvalue weighted by atomic mass is 10.2. The Labute approximate surface area is 78.9 Å². The van der Waals surface area contributed by atoms with Crippen molar-refractivity contribution in [3.05, 3.63) is 23.8 Å². The van der Waals surface area contributed by atoms with Crippen LogP contribution in [0, 0.1) is 0 Å². The Hall–Kier alpha value is -1.95. The molecule has 0 aliphatic heterocycles. The molecule has 72 valence electrons. The molecule has 14 heavy (non-hydrogen) atoms. The van der Waals surface area contributed by atoms with Crippen LogP contribution in [0.25, 0.3) is 11.0 Å². The van der Waals surface area contributed by atoms with Crippen molar-refractivity contribution in [1.29, 1.82) is 0 Å². The molecule has 1 aromatic carbocycles. The fourth-order valence-electron chi connectivity index (χ4n) is 1.30. The maximum atomic E-state index is 10.8. The topological polar surface area (TPSA) is 94.0 Å².